The summed E-state index contributed by atoms with van der Waals surface area (Å²) in [6.07, 6.45) is -6.10. The first-order valence-corrected chi connectivity index (χ1v) is 6.09. The summed E-state index contributed by atoms with van der Waals surface area (Å²) in [5.74, 6) is -1.08. The van der Waals surface area contributed by atoms with Gasteiger partial charge in [-0.05, 0) is 17.7 Å². The molecule has 21 heavy (non-hydrogen) atoms. The standard InChI is InChI=1S/C13H12F3NO4/c14-13(15,16)9-3-1-8(2-4-9)6-17-7-10(5-11(18)19)21-12(17)20/h1-4,10H,5-7H2,(H,18,19). The van der Waals surface area contributed by atoms with E-state index >= 15 is 0 Å². The van der Waals surface area contributed by atoms with E-state index < -0.39 is 29.9 Å². The van der Waals surface area contributed by atoms with Gasteiger partial charge in [0.25, 0.3) is 0 Å². The second-order valence-corrected chi connectivity index (χ2v) is 4.68. The third-order valence-corrected chi connectivity index (χ3v) is 3.01. The summed E-state index contributed by atoms with van der Waals surface area (Å²) in [7, 11) is 0. The number of nitrogens with zero attached hydrogens (tertiary/aromatic N) is 1. The Labute approximate surface area is 117 Å². The number of hydrogen-bond acceptors (Lipinski definition) is 3. The van der Waals surface area contributed by atoms with Crippen LogP contribution in [0.5, 0.6) is 0 Å². The van der Waals surface area contributed by atoms with Crippen LogP contribution in [-0.4, -0.2) is 34.7 Å². The predicted octanol–water partition coefficient (Wildman–Crippen LogP) is 2.50. The molecule has 114 valence electrons. The number of benzene rings is 1. The Bertz CT molecular complexity index is 541. The van der Waals surface area contributed by atoms with Crippen molar-refractivity contribution in [2.24, 2.45) is 0 Å². The minimum absolute atomic E-state index is 0.0765. The van der Waals surface area contributed by atoms with Gasteiger partial charge in [0, 0.05) is 6.54 Å². The first-order valence-electron chi connectivity index (χ1n) is 6.09. The van der Waals surface area contributed by atoms with Gasteiger partial charge >= 0.3 is 18.2 Å². The molecule has 1 aromatic rings. The topological polar surface area (TPSA) is 66.8 Å². The third-order valence-electron chi connectivity index (χ3n) is 3.01. The SMILES string of the molecule is O=C(O)CC1CN(Cc2ccc(C(F)(F)F)cc2)C(=O)O1. The summed E-state index contributed by atoms with van der Waals surface area (Å²) in [6.45, 7) is 0.180. The van der Waals surface area contributed by atoms with Crippen LogP contribution in [0.25, 0.3) is 0 Å². The van der Waals surface area contributed by atoms with Gasteiger partial charge in [0.1, 0.15) is 6.10 Å². The van der Waals surface area contributed by atoms with E-state index in [1.54, 1.807) is 0 Å². The van der Waals surface area contributed by atoms with Gasteiger partial charge in [-0.1, -0.05) is 12.1 Å². The number of amides is 1. The van der Waals surface area contributed by atoms with Crippen molar-refractivity contribution < 1.29 is 32.6 Å². The van der Waals surface area contributed by atoms with Crippen molar-refractivity contribution in [2.45, 2.75) is 25.2 Å². The summed E-state index contributed by atoms with van der Waals surface area (Å²) >= 11 is 0. The molecule has 8 heteroatoms. The number of aliphatic carboxylic acids is 1. The average Bonchev–Trinajstić information content (AvgIpc) is 2.68. The number of hydrogen-bond donors (Lipinski definition) is 1. The van der Waals surface area contributed by atoms with Crippen molar-refractivity contribution in [1.29, 1.82) is 0 Å². The minimum Gasteiger partial charge on any atom is -0.481 e. The molecule has 2 rings (SSSR count). The number of carboxylic acid groups (broad SMARTS) is 1. The molecule has 0 spiro atoms. The molecule has 1 aliphatic heterocycles. The number of ether oxygens (including phenoxy) is 1. The lowest BCUT2D eigenvalue weighted by atomic mass is 10.1. The van der Waals surface area contributed by atoms with Crippen molar-refractivity contribution in [2.75, 3.05) is 6.54 Å². The van der Waals surface area contributed by atoms with Crippen LogP contribution in [0, 0.1) is 0 Å². The maximum Gasteiger partial charge on any atom is 0.416 e. The molecule has 1 aliphatic rings. The van der Waals surface area contributed by atoms with Crippen LogP contribution in [-0.2, 0) is 22.3 Å². The lowest BCUT2D eigenvalue weighted by molar-refractivity contribution is -0.139. The van der Waals surface area contributed by atoms with Gasteiger partial charge in [-0.15, -0.1) is 0 Å². The van der Waals surface area contributed by atoms with E-state index in [2.05, 4.69) is 0 Å². The van der Waals surface area contributed by atoms with Gasteiger partial charge in [-0.2, -0.15) is 13.2 Å². The van der Waals surface area contributed by atoms with Crippen LogP contribution in [0.2, 0.25) is 0 Å². The zero-order valence-electron chi connectivity index (χ0n) is 10.8. The zero-order valence-corrected chi connectivity index (χ0v) is 10.8. The molecule has 1 N–H and O–H groups in total. The molecule has 1 atom stereocenters. The Morgan fingerprint density at radius 1 is 1.33 bits per heavy atom. The van der Waals surface area contributed by atoms with Crippen LogP contribution in [0.4, 0.5) is 18.0 Å². The molecule has 1 amide bonds. The van der Waals surface area contributed by atoms with Gasteiger partial charge in [0.15, 0.2) is 0 Å². The highest BCUT2D eigenvalue weighted by atomic mass is 19.4. The molecule has 1 unspecified atom stereocenters. The van der Waals surface area contributed by atoms with E-state index in [4.69, 9.17) is 9.84 Å². The van der Waals surface area contributed by atoms with Gasteiger partial charge in [0.05, 0.1) is 18.5 Å². The molecule has 1 heterocycles. The largest absolute Gasteiger partial charge is 0.481 e. The number of rotatable bonds is 4. The third kappa shape index (κ3) is 3.87. The van der Waals surface area contributed by atoms with Crippen LogP contribution in [0.3, 0.4) is 0 Å². The highest BCUT2D eigenvalue weighted by molar-refractivity contribution is 5.72. The summed E-state index contributed by atoms with van der Waals surface area (Å²) < 4.78 is 42.1. The molecule has 0 radical (unpaired) electrons. The highest BCUT2D eigenvalue weighted by Gasteiger charge is 2.33. The van der Waals surface area contributed by atoms with Gasteiger partial charge in [-0.25, -0.2) is 4.79 Å². The summed E-state index contributed by atoms with van der Waals surface area (Å²) in [5, 5.41) is 8.63. The fourth-order valence-electron chi connectivity index (χ4n) is 2.02. The fourth-order valence-corrected chi connectivity index (χ4v) is 2.02. The zero-order chi connectivity index (χ0) is 15.6. The fraction of sp³-hybridized carbons (Fsp3) is 0.385. The van der Waals surface area contributed by atoms with Crippen LogP contribution in [0.1, 0.15) is 17.5 Å². The van der Waals surface area contributed by atoms with Gasteiger partial charge in [-0.3, -0.25) is 4.79 Å². The molecule has 1 aromatic carbocycles. The van der Waals surface area contributed by atoms with Crippen molar-refractivity contribution in [3.63, 3.8) is 0 Å². The average molecular weight is 303 g/mol. The van der Waals surface area contributed by atoms with E-state index in [1.807, 2.05) is 0 Å². The van der Waals surface area contributed by atoms with Crippen molar-refractivity contribution in [1.82, 2.24) is 4.90 Å². The summed E-state index contributed by atoms with van der Waals surface area (Å²) in [6, 6.07) is 4.43. The van der Waals surface area contributed by atoms with E-state index in [1.165, 1.54) is 17.0 Å². The predicted molar refractivity (Wildman–Crippen MR) is 64.4 cm³/mol. The molecule has 5 nitrogen and oxygen atoms in total. The Morgan fingerprint density at radius 2 is 1.95 bits per heavy atom. The Kier molecular flexibility index (Phi) is 4.06. The maximum absolute atomic E-state index is 12.4. The molecule has 0 aromatic heterocycles. The smallest absolute Gasteiger partial charge is 0.416 e. The van der Waals surface area contributed by atoms with Crippen molar-refractivity contribution in [3.8, 4) is 0 Å². The minimum atomic E-state index is -4.41. The molecule has 0 saturated carbocycles. The molecule has 1 fully saturated rings. The normalized spacial score (nSPS) is 18.7. The van der Waals surface area contributed by atoms with Crippen LogP contribution >= 0.6 is 0 Å². The number of alkyl halides is 3. The Morgan fingerprint density at radius 3 is 2.48 bits per heavy atom. The Balaban J connectivity index is 1.99. The quantitative estimate of drug-likeness (QED) is 0.928. The lowest BCUT2D eigenvalue weighted by Gasteiger charge is -2.13. The first kappa shape index (κ1) is 15.1. The molecule has 0 bridgehead atoms. The van der Waals surface area contributed by atoms with E-state index in [9.17, 15) is 22.8 Å². The second kappa shape index (κ2) is 5.63. The van der Waals surface area contributed by atoms with E-state index in [-0.39, 0.29) is 19.5 Å². The van der Waals surface area contributed by atoms with Crippen molar-refractivity contribution in [3.05, 3.63) is 35.4 Å². The van der Waals surface area contributed by atoms with Gasteiger partial charge < -0.3 is 14.7 Å². The summed E-state index contributed by atoms with van der Waals surface area (Å²) in [4.78, 5) is 23.3. The Hall–Kier alpha value is -2.25. The summed E-state index contributed by atoms with van der Waals surface area (Å²) in [5.41, 5.74) is -0.255. The van der Waals surface area contributed by atoms with Crippen molar-refractivity contribution >= 4 is 12.1 Å². The first-order chi connectivity index (χ1) is 9.75. The van der Waals surface area contributed by atoms with Crippen LogP contribution < -0.4 is 0 Å². The maximum atomic E-state index is 12.4. The lowest BCUT2D eigenvalue weighted by Crippen LogP contribution is -2.25. The number of carboxylic acids is 1. The number of halogens is 3. The van der Waals surface area contributed by atoms with Crippen LogP contribution in [0.15, 0.2) is 24.3 Å². The molecular weight excluding hydrogens is 291 g/mol. The monoisotopic (exact) mass is 303 g/mol. The van der Waals surface area contributed by atoms with Gasteiger partial charge in [0.2, 0.25) is 0 Å². The number of cyclic esters (lactones) is 1. The molecular formula is C13H12F3NO4. The molecule has 0 aliphatic carbocycles. The van der Waals surface area contributed by atoms with E-state index in [0.29, 0.717) is 5.56 Å². The second-order valence-electron chi connectivity index (χ2n) is 4.68. The highest BCUT2D eigenvalue weighted by Crippen LogP contribution is 2.29. The number of carbonyl (C=O) groups excluding carboxylic acids is 1. The number of carbonyl (C=O) groups is 2. The molecule has 1 saturated heterocycles. The van der Waals surface area contributed by atoms with E-state index in [0.717, 1.165) is 12.1 Å².